The van der Waals surface area contributed by atoms with Crippen molar-refractivity contribution >= 4 is 28.3 Å². The zero-order chi connectivity index (χ0) is 10.8. The standard InChI is InChI=1S/C11H14BrNO2.ClH/c1-13-8-5-10(14)9-4-7(12)2-3-11(9)15-6-8;/h2-4,8,10,13-14H,5-6H2,1H3;1H/t8-,10+;/m0./s1. The van der Waals surface area contributed by atoms with Crippen LogP contribution in [0.15, 0.2) is 22.7 Å². The molecule has 0 fully saturated rings. The van der Waals surface area contributed by atoms with Crippen molar-refractivity contribution in [3.8, 4) is 5.75 Å². The highest BCUT2D eigenvalue weighted by molar-refractivity contribution is 9.10. The summed E-state index contributed by atoms with van der Waals surface area (Å²) in [4.78, 5) is 0. The Morgan fingerprint density at radius 2 is 2.25 bits per heavy atom. The number of hydrogen-bond donors (Lipinski definition) is 2. The van der Waals surface area contributed by atoms with Crippen LogP contribution in [0.1, 0.15) is 18.1 Å². The number of nitrogens with one attached hydrogen (secondary N) is 1. The fourth-order valence-corrected chi connectivity index (χ4v) is 2.15. The lowest BCUT2D eigenvalue weighted by molar-refractivity contribution is 0.153. The molecule has 0 spiro atoms. The average molecular weight is 309 g/mol. The number of ether oxygens (including phenoxy) is 1. The molecule has 1 aliphatic rings. The fourth-order valence-electron chi connectivity index (χ4n) is 1.77. The fraction of sp³-hybridized carbons (Fsp3) is 0.455. The monoisotopic (exact) mass is 307 g/mol. The number of rotatable bonds is 1. The molecular formula is C11H15BrClNO2. The molecule has 1 aromatic rings. The van der Waals surface area contributed by atoms with Crippen molar-refractivity contribution in [1.29, 1.82) is 0 Å². The van der Waals surface area contributed by atoms with E-state index in [1.807, 2.05) is 25.2 Å². The molecule has 16 heavy (non-hydrogen) atoms. The molecule has 0 aromatic heterocycles. The molecule has 0 saturated heterocycles. The van der Waals surface area contributed by atoms with Crippen LogP contribution in [0, 0.1) is 0 Å². The molecule has 0 bridgehead atoms. The van der Waals surface area contributed by atoms with Gasteiger partial charge in [-0.3, -0.25) is 0 Å². The van der Waals surface area contributed by atoms with Crippen molar-refractivity contribution < 1.29 is 9.84 Å². The molecule has 2 rings (SSSR count). The van der Waals surface area contributed by atoms with E-state index < -0.39 is 6.10 Å². The Morgan fingerprint density at radius 3 is 2.94 bits per heavy atom. The van der Waals surface area contributed by atoms with Gasteiger partial charge in [-0.2, -0.15) is 0 Å². The molecule has 2 atom stereocenters. The number of hydrogen-bond acceptors (Lipinski definition) is 3. The molecule has 90 valence electrons. The van der Waals surface area contributed by atoms with Gasteiger partial charge in [0.1, 0.15) is 12.4 Å². The van der Waals surface area contributed by atoms with Gasteiger partial charge in [-0.05, 0) is 31.7 Å². The Labute approximate surface area is 110 Å². The lowest BCUT2D eigenvalue weighted by Gasteiger charge is -2.14. The van der Waals surface area contributed by atoms with Crippen molar-refractivity contribution in [2.24, 2.45) is 0 Å². The molecule has 5 heteroatoms. The predicted octanol–water partition coefficient (Wildman–Crippen LogP) is 2.27. The van der Waals surface area contributed by atoms with Crippen LogP contribution in [0.3, 0.4) is 0 Å². The normalized spacial score (nSPS) is 23.7. The molecule has 0 amide bonds. The van der Waals surface area contributed by atoms with Crippen LogP contribution >= 0.6 is 28.3 Å². The predicted molar refractivity (Wildman–Crippen MR) is 69.3 cm³/mol. The maximum atomic E-state index is 10.0. The molecule has 0 unspecified atom stereocenters. The van der Waals surface area contributed by atoms with Gasteiger partial charge >= 0.3 is 0 Å². The van der Waals surface area contributed by atoms with E-state index in [2.05, 4.69) is 21.2 Å². The largest absolute Gasteiger partial charge is 0.492 e. The highest BCUT2D eigenvalue weighted by atomic mass is 79.9. The van der Waals surface area contributed by atoms with Gasteiger partial charge in [0.2, 0.25) is 0 Å². The van der Waals surface area contributed by atoms with Gasteiger partial charge in [0.15, 0.2) is 0 Å². The second-order valence-electron chi connectivity index (χ2n) is 3.73. The summed E-state index contributed by atoms with van der Waals surface area (Å²) in [5.74, 6) is 0.781. The molecule has 0 aliphatic carbocycles. The van der Waals surface area contributed by atoms with E-state index in [1.165, 1.54) is 0 Å². The number of halogens is 2. The average Bonchev–Trinajstić information content (AvgIpc) is 2.39. The molecule has 2 N–H and O–H groups in total. The first-order valence-electron chi connectivity index (χ1n) is 4.98. The van der Waals surface area contributed by atoms with E-state index in [4.69, 9.17) is 4.74 Å². The SMILES string of the molecule is CN[C@@H]1COc2ccc(Br)cc2[C@H](O)C1.Cl. The van der Waals surface area contributed by atoms with Gasteiger partial charge in [-0.25, -0.2) is 0 Å². The Kier molecular flexibility index (Phi) is 5.05. The molecule has 1 aliphatic heterocycles. The van der Waals surface area contributed by atoms with Crippen molar-refractivity contribution in [3.05, 3.63) is 28.2 Å². The van der Waals surface area contributed by atoms with E-state index >= 15 is 0 Å². The number of likely N-dealkylation sites (N-methyl/N-ethyl adjacent to an activating group) is 1. The van der Waals surface area contributed by atoms with E-state index in [0.29, 0.717) is 13.0 Å². The number of aliphatic hydroxyl groups is 1. The van der Waals surface area contributed by atoms with E-state index in [-0.39, 0.29) is 18.4 Å². The maximum absolute atomic E-state index is 10.0. The summed E-state index contributed by atoms with van der Waals surface area (Å²) >= 11 is 3.39. The minimum atomic E-state index is -0.461. The summed E-state index contributed by atoms with van der Waals surface area (Å²) in [6.45, 7) is 0.599. The van der Waals surface area contributed by atoms with Crippen molar-refractivity contribution in [1.82, 2.24) is 5.32 Å². The summed E-state index contributed by atoms with van der Waals surface area (Å²) in [5, 5.41) is 13.2. The summed E-state index contributed by atoms with van der Waals surface area (Å²) in [6, 6.07) is 5.93. The third kappa shape index (κ3) is 2.88. The first kappa shape index (κ1) is 13.8. The molecule has 1 heterocycles. The smallest absolute Gasteiger partial charge is 0.125 e. The van der Waals surface area contributed by atoms with Gasteiger partial charge in [0.25, 0.3) is 0 Å². The van der Waals surface area contributed by atoms with Gasteiger partial charge in [0, 0.05) is 16.1 Å². The Balaban J connectivity index is 0.00000128. The zero-order valence-corrected chi connectivity index (χ0v) is 11.3. The van der Waals surface area contributed by atoms with Crippen molar-refractivity contribution in [3.63, 3.8) is 0 Å². The summed E-state index contributed by atoms with van der Waals surface area (Å²) in [5.41, 5.74) is 0.863. The quantitative estimate of drug-likeness (QED) is 0.836. The summed E-state index contributed by atoms with van der Waals surface area (Å²) in [6.07, 6.45) is 0.220. The van der Waals surface area contributed by atoms with Crippen LogP contribution in [0.5, 0.6) is 5.75 Å². The Morgan fingerprint density at radius 1 is 1.50 bits per heavy atom. The Bertz CT molecular complexity index is 362. The molecule has 3 nitrogen and oxygen atoms in total. The van der Waals surface area contributed by atoms with Crippen LogP contribution in [-0.2, 0) is 0 Å². The molecule has 0 saturated carbocycles. The van der Waals surface area contributed by atoms with Gasteiger partial charge < -0.3 is 15.2 Å². The van der Waals surface area contributed by atoms with Gasteiger partial charge in [0.05, 0.1) is 6.10 Å². The highest BCUT2D eigenvalue weighted by Crippen LogP contribution is 2.33. The topological polar surface area (TPSA) is 41.5 Å². The van der Waals surface area contributed by atoms with Crippen LogP contribution in [0.2, 0.25) is 0 Å². The lowest BCUT2D eigenvalue weighted by Crippen LogP contribution is -2.31. The second-order valence-corrected chi connectivity index (χ2v) is 4.65. The summed E-state index contributed by atoms with van der Waals surface area (Å²) in [7, 11) is 1.88. The van der Waals surface area contributed by atoms with Gasteiger partial charge in [-0.15, -0.1) is 12.4 Å². The molecular weight excluding hydrogens is 293 g/mol. The number of aliphatic hydroxyl groups excluding tert-OH is 1. The molecule has 0 radical (unpaired) electrons. The minimum absolute atomic E-state index is 0. The maximum Gasteiger partial charge on any atom is 0.125 e. The number of fused-ring (bicyclic) bond motifs is 1. The van der Waals surface area contributed by atoms with Crippen molar-refractivity contribution in [2.45, 2.75) is 18.6 Å². The van der Waals surface area contributed by atoms with Crippen LogP contribution < -0.4 is 10.1 Å². The summed E-state index contributed by atoms with van der Waals surface area (Å²) < 4.78 is 6.60. The van der Waals surface area contributed by atoms with Crippen LogP contribution in [-0.4, -0.2) is 24.8 Å². The Hall–Kier alpha value is -0.290. The first-order valence-corrected chi connectivity index (χ1v) is 5.77. The van der Waals surface area contributed by atoms with E-state index in [1.54, 1.807) is 0 Å². The second kappa shape index (κ2) is 5.87. The third-order valence-electron chi connectivity index (χ3n) is 2.69. The van der Waals surface area contributed by atoms with Crippen LogP contribution in [0.4, 0.5) is 0 Å². The first-order chi connectivity index (χ1) is 7.20. The highest BCUT2D eigenvalue weighted by Gasteiger charge is 2.23. The lowest BCUT2D eigenvalue weighted by atomic mass is 10.0. The number of benzene rings is 1. The zero-order valence-electron chi connectivity index (χ0n) is 8.94. The van der Waals surface area contributed by atoms with Crippen LogP contribution in [0.25, 0.3) is 0 Å². The van der Waals surface area contributed by atoms with E-state index in [9.17, 15) is 5.11 Å². The van der Waals surface area contributed by atoms with Gasteiger partial charge in [-0.1, -0.05) is 15.9 Å². The minimum Gasteiger partial charge on any atom is -0.492 e. The molecule has 1 aromatic carbocycles. The van der Waals surface area contributed by atoms with E-state index in [0.717, 1.165) is 15.8 Å². The third-order valence-corrected chi connectivity index (χ3v) is 3.18. The van der Waals surface area contributed by atoms with Crippen molar-refractivity contribution in [2.75, 3.05) is 13.7 Å².